The van der Waals surface area contributed by atoms with Crippen molar-refractivity contribution in [2.45, 2.75) is 24.7 Å². The van der Waals surface area contributed by atoms with Crippen LogP contribution in [-0.4, -0.2) is 22.1 Å². The maximum absolute atomic E-state index is 12.3. The van der Waals surface area contributed by atoms with Crippen LogP contribution in [0.3, 0.4) is 0 Å². The summed E-state index contributed by atoms with van der Waals surface area (Å²) in [5.74, 6) is -0.0252. The van der Waals surface area contributed by atoms with Crippen molar-refractivity contribution in [1.82, 2.24) is 9.97 Å². The summed E-state index contributed by atoms with van der Waals surface area (Å²) in [6.07, 6.45) is -2.63. The number of nitrogens with zero attached hydrogens (tertiary/aromatic N) is 2. The average Bonchev–Trinajstić information content (AvgIpc) is 2.81. The van der Waals surface area contributed by atoms with Gasteiger partial charge < -0.3 is 11.1 Å². The maximum Gasteiger partial charge on any atom is 0.433 e. The lowest BCUT2D eigenvalue weighted by Gasteiger charge is -2.07. The third kappa shape index (κ3) is 2.35. The van der Waals surface area contributed by atoms with Gasteiger partial charge in [0, 0.05) is 18.3 Å². The molecule has 1 aliphatic carbocycles. The molecule has 2 unspecified atom stereocenters. The van der Waals surface area contributed by atoms with Crippen LogP contribution in [0.25, 0.3) is 0 Å². The SMILES string of the molecule is NC1CC1Nc1nccc(C(F)(F)F)n1. The fourth-order valence-corrected chi connectivity index (χ4v) is 1.13. The molecule has 0 aromatic carbocycles. The van der Waals surface area contributed by atoms with E-state index in [1.165, 1.54) is 0 Å². The molecule has 7 heteroatoms. The van der Waals surface area contributed by atoms with Crippen LogP contribution in [0.1, 0.15) is 12.1 Å². The van der Waals surface area contributed by atoms with Crippen LogP contribution in [0.15, 0.2) is 12.3 Å². The van der Waals surface area contributed by atoms with E-state index in [1.807, 2.05) is 0 Å². The summed E-state index contributed by atoms with van der Waals surface area (Å²) in [5, 5.41) is 2.73. The molecule has 1 aromatic rings. The van der Waals surface area contributed by atoms with Crippen LogP contribution < -0.4 is 11.1 Å². The molecule has 0 amide bonds. The van der Waals surface area contributed by atoms with E-state index in [0.717, 1.165) is 18.7 Å². The Balaban J connectivity index is 2.12. The number of hydrogen-bond donors (Lipinski definition) is 2. The lowest BCUT2D eigenvalue weighted by Crippen LogP contribution is -2.16. The Labute approximate surface area is 83.7 Å². The standard InChI is InChI=1S/C8H9F3N4/c9-8(10,11)6-1-2-13-7(15-6)14-5-3-4(5)12/h1-2,4-5H,3,12H2,(H,13,14,15). The minimum atomic E-state index is -4.44. The van der Waals surface area contributed by atoms with Gasteiger partial charge in [-0.2, -0.15) is 13.2 Å². The zero-order valence-electron chi connectivity index (χ0n) is 7.62. The highest BCUT2D eigenvalue weighted by atomic mass is 19.4. The van der Waals surface area contributed by atoms with Gasteiger partial charge in [-0.05, 0) is 12.5 Å². The van der Waals surface area contributed by atoms with Crippen LogP contribution in [0.2, 0.25) is 0 Å². The molecule has 1 fully saturated rings. The lowest BCUT2D eigenvalue weighted by molar-refractivity contribution is -0.141. The molecule has 1 aliphatic rings. The highest BCUT2D eigenvalue weighted by molar-refractivity contribution is 5.31. The molecule has 82 valence electrons. The lowest BCUT2D eigenvalue weighted by atomic mass is 10.4. The minimum Gasteiger partial charge on any atom is -0.350 e. The molecular weight excluding hydrogens is 209 g/mol. The number of nitrogens with two attached hydrogens (primary N) is 1. The van der Waals surface area contributed by atoms with E-state index in [1.54, 1.807) is 0 Å². The largest absolute Gasteiger partial charge is 0.433 e. The predicted molar refractivity (Wildman–Crippen MR) is 47.0 cm³/mol. The molecule has 1 aromatic heterocycles. The van der Waals surface area contributed by atoms with Gasteiger partial charge in [-0.1, -0.05) is 0 Å². The van der Waals surface area contributed by atoms with Gasteiger partial charge in [-0.3, -0.25) is 0 Å². The molecule has 4 nitrogen and oxygen atoms in total. The third-order valence-corrected chi connectivity index (χ3v) is 2.10. The minimum absolute atomic E-state index is 0.00603. The molecule has 0 saturated heterocycles. The van der Waals surface area contributed by atoms with E-state index in [-0.39, 0.29) is 18.0 Å². The fraction of sp³-hybridized carbons (Fsp3) is 0.500. The second-order valence-electron chi connectivity index (χ2n) is 3.41. The molecule has 0 bridgehead atoms. The number of alkyl halides is 3. The third-order valence-electron chi connectivity index (χ3n) is 2.10. The van der Waals surface area contributed by atoms with Crippen molar-refractivity contribution < 1.29 is 13.2 Å². The normalized spacial score (nSPS) is 25.1. The van der Waals surface area contributed by atoms with Crippen LogP contribution in [0.4, 0.5) is 19.1 Å². The van der Waals surface area contributed by atoms with Gasteiger partial charge in [0.1, 0.15) is 5.69 Å². The van der Waals surface area contributed by atoms with Crippen molar-refractivity contribution in [2.24, 2.45) is 5.73 Å². The number of hydrogen-bond acceptors (Lipinski definition) is 4. The van der Waals surface area contributed by atoms with E-state index in [2.05, 4.69) is 15.3 Å². The average molecular weight is 218 g/mol. The Morgan fingerprint density at radius 2 is 2.13 bits per heavy atom. The highest BCUT2D eigenvalue weighted by Crippen LogP contribution is 2.28. The highest BCUT2D eigenvalue weighted by Gasteiger charge is 2.36. The summed E-state index contributed by atoms with van der Waals surface area (Å²) >= 11 is 0. The molecule has 3 N–H and O–H groups in total. The smallest absolute Gasteiger partial charge is 0.350 e. The van der Waals surface area contributed by atoms with E-state index >= 15 is 0 Å². The van der Waals surface area contributed by atoms with E-state index in [0.29, 0.717) is 0 Å². The van der Waals surface area contributed by atoms with Gasteiger partial charge in [-0.15, -0.1) is 0 Å². The van der Waals surface area contributed by atoms with Crippen molar-refractivity contribution in [3.63, 3.8) is 0 Å². The van der Waals surface area contributed by atoms with Crippen molar-refractivity contribution in [2.75, 3.05) is 5.32 Å². The molecular formula is C8H9F3N4. The molecule has 2 rings (SSSR count). The summed E-state index contributed by atoms with van der Waals surface area (Å²) in [6, 6.07) is 0.814. The fourth-order valence-electron chi connectivity index (χ4n) is 1.13. The second-order valence-corrected chi connectivity index (χ2v) is 3.41. The monoisotopic (exact) mass is 218 g/mol. The maximum atomic E-state index is 12.3. The van der Waals surface area contributed by atoms with Crippen LogP contribution in [0.5, 0.6) is 0 Å². The van der Waals surface area contributed by atoms with Crippen LogP contribution >= 0.6 is 0 Å². The summed E-state index contributed by atoms with van der Waals surface area (Å²) in [7, 11) is 0. The Bertz CT molecular complexity index is 365. The van der Waals surface area contributed by atoms with Crippen molar-refractivity contribution in [3.8, 4) is 0 Å². The first kappa shape index (κ1) is 10.2. The van der Waals surface area contributed by atoms with Crippen LogP contribution in [-0.2, 0) is 6.18 Å². The topological polar surface area (TPSA) is 63.8 Å². The second kappa shape index (κ2) is 3.34. The molecule has 0 spiro atoms. The Morgan fingerprint density at radius 3 is 2.67 bits per heavy atom. The van der Waals surface area contributed by atoms with E-state index in [9.17, 15) is 13.2 Å². The number of halogens is 3. The molecule has 0 aliphatic heterocycles. The van der Waals surface area contributed by atoms with Gasteiger partial charge >= 0.3 is 6.18 Å². The van der Waals surface area contributed by atoms with Crippen LogP contribution in [0, 0.1) is 0 Å². The van der Waals surface area contributed by atoms with Gasteiger partial charge in [0.25, 0.3) is 0 Å². The predicted octanol–water partition coefficient (Wildman–Crippen LogP) is 1.01. The molecule has 2 atom stereocenters. The van der Waals surface area contributed by atoms with E-state index < -0.39 is 11.9 Å². The zero-order valence-corrected chi connectivity index (χ0v) is 7.62. The number of aromatic nitrogens is 2. The summed E-state index contributed by atoms with van der Waals surface area (Å²) < 4.78 is 36.8. The Morgan fingerprint density at radius 1 is 1.47 bits per heavy atom. The van der Waals surface area contributed by atoms with Crippen molar-refractivity contribution in [1.29, 1.82) is 0 Å². The number of nitrogens with one attached hydrogen (secondary N) is 1. The van der Waals surface area contributed by atoms with Crippen molar-refractivity contribution in [3.05, 3.63) is 18.0 Å². The summed E-state index contributed by atoms with van der Waals surface area (Å²) in [5.41, 5.74) is 4.55. The summed E-state index contributed by atoms with van der Waals surface area (Å²) in [4.78, 5) is 7.05. The van der Waals surface area contributed by atoms with E-state index in [4.69, 9.17) is 5.73 Å². The number of anilines is 1. The Hall–Kier alpha value is -1.37. The quantitative estimate of drug-likeness (QED) is 0.777. The van der Waals surface area contributed by atoms with Gasteiger partial charge in [0.2, 0.25) is 5.95 Å². The first-order valence-electron chi connectivity index (χ1n) is 4.39. The first-order valence-corrected chi connectivity index (χ1v) is 4.39. The first-order chi connectivity index (χ1) is 6.97. The Kier molecular flexibility index (Phi) is 2.26. The van der Waals surface area contributed by atoms with Gasteiger partial charge in [0.05, 0.1) is 0 Å². The van der Waals surface area contributed by atoms with Gasteiger partial charge in [-0.25, -0.2) is 9.97 Å². The van der Waals surface area contributed by atoms with Crippen molar-refractivity contribution >= 4 is 5.95 Å². The molecule has 1 heterocycles. The molecule has 1 saturated carbocycles. The zero-order chi connectivity index (χ0) is 11.1. The molecule has 15 heavy (non-hydrogen) atoms. The molecule has 0 radical (unpaired) electrons. The summed E-state index contributed by atoms with van der Waals surface area (Å²) in [6.45, 7) is 0. The van der Waals surface area contributed by atoms with Gasteiger partial charge in [0.15, 0.2) is 0 Å². The number of rotatable bonds is 2.